The fourth-order valence-electron chi connectivity index (χ4n) is 6.03. The largest absolute Gasteiger partial charge is 0.493 e. The highest BCUT2D eigenvalue weighted by Gasteiger charge is 2.35. The van der Waals surface area contributed by atoms with Gasteiger partial charge < -0.3 is 24.6 Å². The van der Waals surface area contributed by atoms with Gasteiger partial charge in [0.1, 0.15) is 0 Å². The molecule has 1 aliphatic rings. The minimum absolute atomic E-state index is 0.103. The Labute approximate surface area is 256 Å². The summed E-state index contributed by atoms with van der Waals surface area (Å²) < 4.78 is 52.0. The van der Waals surface area contributed by atoms with Crippen molar-refractivity contribution in [2.75, 3.05) is 31.7 Å². The van der Waals surface area contributed by atoms with Gasteiger partial charge in [0, 0.05) is 19.5 Å². The Morgan fingerprint density at radius 1 is 0.953 bits per heavy atom. The van der Waals surface area contributed by atoms with Gasteiger partial charge in [0.05, 0.1) is 29.5 Å². The summed E-state index contributed by atoms with van der Waals surface area (Å²) in [5.74, 6) is 1.20. The van der Waals surface area contributed by atoms with Gasteiger partial charge in [-0.25, -0.2) is 4.98 Å². The molecule has 2 heterocycles. The molecule has 2 aromatic carbocycles. The number of methoxy groups -OCH3 is 1. The smallest absolute Gasteiger partial charge is 0.416 e. The fourth-order valence-corrected chi connectivity index (χ4v) is 7.08. The van der Waals surface area contributed by atoms with Crippen LogP contribution in [0.25, 0.3) is 10.2 Å². The number of aromatic nitrogens is 1. The molecule has 0 aliphatic carbocycles. The molecule has 4 rings (SSSR count). The Bertz CT molecular complexity index is 1290. The van der Waals surface area contributed by atoms with Gasteiger partial charge >= 0.3 is 6.18 Å². The van der Waals surface area contributed by atoms with Gasteiger partial charge in [-0.15, -0.1) is 0 Å². The van der Waals surface area contributed by atoms with Crippen molar-refractivity contribution in [3.8, 4) is 11.5 Å². The topological polar surface area (TPSA) is 75.1 Å². The van der Waals surface area contributed by atoms with Crippen LogP contribution in [0.4, 0.5) is 18.3 Å². The van der Waals surface area contributed by atoms with Crippen LogP contribution in [0.3, 0.4) is 0 Å². The van der Waals surface area contributed by atoms with Gasteiger partial charge in [0.15, 0.2) is 22.9 Å². The number of alkyl halides is 3. The number of aliphatic hydroxyl groups is 2. The van der Waals surface area contributed by atoms with Crippen molar-refractivity contribution in [1.29, 1.82) is 0 Å². The molecule has 1 saturated heterocycles. The molecular weight excluding hydrogens is 577 g/mol. The molecule has 6 nitrogen and oxygen atoms in total. The second kappa shape index (κ2) is 15.4. The molecule has 0 unspecified atom stereocenters. The minimum atomic E-state index is -4.37. The lowest BCUT2D eigenvalue weighted by Gasteiger charge is -2.42. The van der Waals surface area contributed by atoms with Crippen molar-refractivity contribution in [1.82, 2.24) is 4.98 Å². The quantitative estimate of drug-likeness (QED) is 0.124. The van der Waals surface area contributed by atoms with Gasteiger partial charge in [-0.05, 0) is 67.0 Å². The highest BCUT2D eigenvalue weighted by Crippen LogP contribution is 2.43. The van der Waals surface area contributed by atoms with Crippen molar-refractivity contribution in [3.63, 3.8) is 0 Å². The second-order valence-electron chi connectivity index (χ2n) is 11.8. The van der Waals surface area contributed by atoms with E-state index in [0.29, 0.717) is 28.3 Å². The Kier molecular flexibility index (Phi) is 12.0. The van der Waals surface area contributed by atoms with Crippen molar-refractivity contribution in [2.45, 2.75) is 96.4 Å². The third-order valence-corrected chi connectivity index (χ3v) is 9.72. The lowest BCUT2D eigenvalue weighted by atomic mass is 9.72. The number of anilines is 1. The van der Waals surface area contributed by atoms with E-state index in [1.165, 1.54) is 68.4 Å². The number of benzene rings is 2. The van der Waals surface area contributed by atoms with E-state index in [0.717, 1.165) is 55.5 Å². The zero-order chi connectivity index (χ0) is 30.9. The summed E-state index contributed by atoms with van der Waals surface area (Å²) >= 11 is 1.33. The number of thiazole rings is 1. The first-order chi connectivity index (χ1) is 20.6. The molecule has 3 aromatic rings. The summed E-state index contributed by atoms with van der Waals surface area (Å²) in [4.78, 5) is 6.89. The molecule has 1 aromatic heterocycles. The molecular formula is C33H45F3N2O4S. The van der Waals surface area contributed by atoms with Gasteiger partial charge in [0.2, 0.25) is 0 Å². The maximum Gasteiger partial charge on any atom is 0.416 e. The van der Waals surface area contributed by atoms with Crippen LogP contribution in [0.5, 0.6) is 11.5 Å². The number of halogens is 3. The third kappa shape index (κ3) is 9.46. The molecule has 0 amide bonds. The van der Waals surface area contributed by atoms with Crippen LogP contribution in [-0.2, 0) is 12.6 Å². The predicted octanol–water partition coefficient (Wildman–Crippen LogP) is 8.37. The standard InChI is InChI=1S/C33H45F3N2O4S/c1-3-4-5-6-7-8-9-14-32(17-20-42-28-21-24(22-30(39)40)10-13-27(28)41-2)15-18-38(19-16-32)31-37-26-12-11-25(33(34,35)36)23-29(26)43-31/h10-13,21,23,30,39-40H,3-9,14-20,22H2,1-2H3. The maximum atomic E-state index is 13.2. The van der Waals surface area contributed by atoms with Crippen LogP contribution in [0.2, 0.25) is 0 Å². The summed E-state index contributed by atoms with van der Waals surface area (Å²) in [5, 5.41) is 19.6. The minimum Gasteiger partial charge on any atom is -0.493 e. The van der Waals surface area contributed by atoms with E-state index in [1.807, 2.05) is 0 Å². The number of rotatable bonds is 16. The number of nitrogens with zero attached hydrogens (tertiary/aromatic N) is 2. The van der Waals surface area contributed by atoms with Crippen LogP contribution >= 0.6 is 11.3 Å². The molecule has 1 aliphatic heterocycles. The number of piperidine rings is 1. The van der Waals surface area contributed by atoms with E-state index in [-0.39, 0.29) is 11.8 Å². The summed E-state index contributed by atoms with van der Waals surface area (Å²) in [7, 11) is 1.59. The predicted molar refractivity (Wildman–Crippen MR) is 166 cm³/mol. The van der Waals surface area contributed by atoms with Crippen molar-refractivity contribution in [2.24, 2.45) is 5.41 Å². The monoisotopic (exact) mass is 622 g/mol. The summed E-state index contributed by atoms with van der Waals surface area (Å²) in [6.45, 7) is 4.35. The van der Waals surface area contributed by atoms with Gasteiger partial charge in [-0.1, -0.05) is 69.3 Å². The van der Waals surface area contributed by atoms with E-state index in [4.69, 9.17) is 9.47 Å². The van der Waals surface area contributed by atoms with E-state index in [9.17, 15) is 23.4 Å². The fraction of sp³-hybridized carbons (Fsp3) is 0.606. The first-order valence-corrected chi connectivity index (χ1v) is 16.3. The molecule has 0 bridgehead atoms. The Hall–Kier alpha value is -2.56. The lowest BCUT2D eigenvalue weighted by molar-refractivity contribution is -0.137. The average Bonchev–Trinajstić information content (AvgIpc) is 3.40. The van der Waals surface area contributed by atoms with Crippen LogP contribution in [0.15, 0.2) is 36.4 Å². The Morgan fingerprint density at radius 3 is 2.35 bits per heavy atom. The third-order valence-electron chi connectivity index (χ3n) is 8.65. The van der Waals surface area contributed by atoms with Crippen molar-refractivity contribution < 1.29 is 32.9 Å². The Morgan fingerprint density at radius 2 is 1.67 bits per heavy atom. The van der Waals surface area contributed by atoms with Gasteiger partial charge in [-0.3, -0.25) is 0 Å². The highest BCUT2D eigenvalue weighted by molar-refractivity contribution is 7.22. The van der Waals surface area contributed by atoms with Crippen LogP contribution in [-0.4, -0.2) is 48.3 Å². The van der Waals surface area contributed by atoms with Crippen LogP contribution < -0.4 is 14.4 Å². The number of aliphatic hydroxyl groups excluding tert-OH is 1. The number of unbranched alkanes of at least 4 members (excludes halogenated alkanes) is 6. The zero-order valence-electron chi connectivity index (χ0n) is 25.3. The summed E-state index contributed by atoms with van der Waals surface area (Å²) in [6, 6.07) is 9.17. The molecule has 1 fully saturated rings. The van der Waals surface area contributed by atoms with E-state index >= 15 is 0 Å². The number of hydrogen-bond donors (Lipinski definition) is 2. The molecule has 0 radical (unpaired) electrons. The molecule has 2 N–H and O–H groups in total. The number of fused-ring (bicyclic) bond motifs is 1. The highest BCUT2D eigenvalue weighted by atomic mass is 32.1. The first kappa shape index (κ1) is 33.3. The SMILES string of the molecule is CCCCCCCCCC1(CCOc2cc(CC(O)O)ccc2OC)CCN(c2nc3ccc(C(F)(F)F)cc3s2)CC1. The van der Waals surface area contributed by atoms with E-state index in [2.05, 4.69) is 16.8 Å². The second-order valence-corrected chi connectivity index (χ2v) is 12.8. The van der Waals surface area contributed by atoms with Gasteiger partial charge in [-0.2, -0.15) is 13.2 Å². The van der Waals surface area contributed by atoms with Crippen molar-refractivity contribution >= 4 is 26.7 Å². The molecule has 43 heavy (non-hydrogen) atoms. The molecule has 0 atom stereocenters. The van der Waals surface area contributed by atoms with Crippen LogP contribution in [0, 0.1) is 5.41 Å². The number of ether oxygens (including phenoxy) is 2. The molecule has 0 spiro atoms. The average molecular weight is 623 g/mol. The molecule has 238 valence electrons. The van der Waals surface area contributed by atoms with Crippen LogP contribution in [0.1, 0.15) is 88.7 Å². The number of hydrogen-bond acceptors (Lipinski definition) is 7. The van der Waals surface area contributed by atoms with Gasteiger partial charge in [0.25, 0.3) is 0 Å². The summed E-state index contributed by atoms with van der Waals surface area (Å²) in [6.07, 6.45) is 6.98. The van der Waals surface area contributed by atoms with E-state index < -0.39 is 18.0 Å². The summed E-state index contributed by atoms with van der Waals surface area (Å²) in [5.41, 5.74) is 0.824. The zero-order valence-corrected chi connectivity index (χ0v) is 26.1. The lowest BCUT2D eigenvalue weighted by Crippen LogP contribution is -2.41. The van der Waals surface area contributed by atoms with Crippen molar-refractivity contribution in [3.05, 3.63) is 47.5 Å². The Balaban J connectivity index is 1.41. The normalized spacial score (nSPS) is 15.4. The molecule has 10 heteroatoms. The van der Waals surface area contributed by atoms with E-state index in [1.54, 1.807) is 25.3 Å². The molecule has 0 saturated carbocycles. The maximum absolute atomic E-state index is 13.2. The first-order valence-electron chi connectivity index (χ1n) is 15.5.